The molecule has 1 atom stereocenters. The average Bonchev–Trinajstić information content (AvgIpc) is 2.86. The zero-order valence-electron chi connectivity index (χ0n) is 12.8. The van der Waals surface area contributed by atoms with Gasteiger partial charge in [-0.05, 0) is 19.1 Å². The highest BCUT2D eigenvalue weighted by Crippen LogP contribution is 2.25. The Hall–Kier alpha value is -1.30. The van der Waals surface area contributed by atoms with Crippen molar-refractivity contribution in [3.63, 3.8) is 0 Å². The zero-order valence-corrected chi connectivity index (χ0v) is 13.5. The van der Waals surface area contributed by atoms with Gasteiger partial charge in [0.15, 0.2) is 5.82 Å². The first kappa shape index (κ1) is 16.1. The number of nitrogens with zero attached hydrogens (tertiary/aromatic N) is 3. The number of rotatable bonds is 8. The summed E-state index contributed by atoms with van der Waals surface area (Å²) in [5.41, 5.74) is 1.89. The third kappa shape index (κ3) is 3.48. The molecule has 1 unspecified atom stereocenters. The van der Waals surface area contributed by atoms with Gasteiger partial charge in [-0.1, -0.05) is 6.07 Å². The molecule has 0 saturated heterocycles. The molecule has 0 fully saturated rings. The van der Waals surface area contributed by atoms with Gasteiger partial charge >= 0.3 is 0 Å². The van der Waals surface area contributed by atoms with E-state index in [1.165, 1.54) is 0 Å². The number of hydrogen-bond donors (Lipinski definition) is 0. The maximum atomic E-state index is 6.16. The van der Waals surface area contributed by atoms with Gasteiger partial charge < -0.3 is 18.8 Å². The number of aromatic nitrogens is 2. The van der Waals surface area contributed by atoms with E-state index in [0.717, 1.165) is 23.7 Å². The Morgan fingerprint density at radius 1 is 1.33 bits per heavy atom. The highest BCUT2D eigenvalue weighted by molar-refractivity contribution is 6.17. The summed E-state index contributed by atoms with van der Waals surface area (Å²) < 4.78 is 12.5. The number of imidazole rings is 1. The Balaban J connectivity index is 2.42. The van der Waals surface area contributed by atoms with Crippen LogP contribution in [0.4, 0.5) is 5.82 Å². The number of hydrogen-bond acceptors (Lipinski definition) is 4. The summed E-state index contributed by atoms with van der Waals surface area (Å²) in [6.45, 7) is 4.11. The first-order chi connectivity index (χ1) is 10.2. The molecule has 2 aromatic rings. The molecule has 21 heavy (non-hydrogen) atoms. The molecule has 6 heteroatoms. The van der Waals surface area contributed by atoms with Gasteiger partial charge in [0.05, 0.1) is 30.8 Å². The molecular weight excluding hydrogens is 290 g/mol. The van der Waals surface area contributed by atoms with Crippen LogP contribution in [0.15, 0.2) is 24.4 Å². The number of ether oxygens (including phenoxy) is 2. The first-order valence-corrected chi connectivity index (χ1v) is 7.52. The molecule has 2 aromatic heterocycles. The van der Waals surface area contributed by atoms with Crippen molar-refractivity contribution in [1.29, 1.82) is 0 Å². The van der Waals surface area contributed by atoms with Gasteiger partial charge in [-0.15, -0.1) is 11.6 Å². The first-order valence-electron chi connectivity index (χ1n) is 6.99. The van der Waals surface area contributed by atoms with Crippen molar-refractivity contribution in [1.82, 2.24) is 9.38 Å². The number of methoxy groups -OCH3 is 2. The molecular formula is C15H22ClN3O2. The van der Waals surface area contributed by atoms with Crippen molar-refractivity contribution in [2.75, 3.05) is 38.9 Å². The van der Waals surface area contributed by atoms with E-state index in [1.54, 1.807) is 14.2 Å². The number of fused-ring (bicyclic) bond motifs is 1. The summed E-state index contributed by atoms with van der Waals surface area (Å²) >= 11 is 6.16. The number of anilines is 1. The van der Waals surface area contributed by atoms with E-state index in [9.17, 15) is 0 Å². The lowest BCUT2D eigenvalue weighted by Gasteiger charge is -2.29. The number of halogens is 1. The standard InChI is InChI=1S/C15H22ClN3O2/c1-12(11-21-3)18(8-9-20-2)15-13(10-16)19-7-5-4-6-14(19)17-15/h4-7,12H,8-11H2,1-3H3. The largest absolute Gasteiger partial charge is 0.383 e. The van der Waals surface area contributed by atoms with Crippen LogP contribution in [0, 0.1) is 0 Å². The summed E-state index contributed by atoms with van der Waals surface area (Å²) in [4.78, 5) is 6.93. The number of alkyl halides is 1. The van der Waals surface area contributed by atoms with Crippen LogP contribution >= 0.6 is 11.6 Å². The molecule has 0 saturated carbocycles. The van der Waals surface area contributed by atoms with Crippen molar-refractivity contribution in [2.24, 2.45) is 0 Å². The Kier molecular flexibility index (Phi) is 5.85. The molecule has 0 N–H and O–H groups in total. The van der Waals surface area contributed by atoms with E-state index in [-0.39, 0.29) is 6.04 Å². The van der Waals surface area contributed by atoms with E-state index in [4.69, 9.17) is 26.1 Å². The quantitative estimate of drug-likeness (QED) is 0.702. The molecule has 0 aliphatic rings. The third-order valence-corrected chi connectivity index (χ3v) is 3.74. The minimum Gasteiger partial charge on any atom is -0.383 e. The summed E-state index contributed by atoms with van der Waals surface area (Å²) in [7, 11) is 3.41. The molecule has 0 aliphatic carbocycles. The smallest absolute Gasteiger partial charge is 0.152 e. The minimum absolute atomic E-state index is 0.192. The van der Waals surface area contributed by atoms with Gasteiger partial charge in [0, 0.05) is 27.0 Å². The minimum atomic E-state index is 0.192. The Morgan fingerprint density at radius 3 is 2.81 bits per heavy atom. The Labute approximate surface area is 130 Å². The van der Waals surface area contributed by atoms with Crippen molar-refractivity contribution in [3.05, 3.63) is 30.1 Å². The Bertz CT molecular complexity index is 573. The van der Waals surface area contributed by atoms with Crippen molar-refractivity contribution < 1.29 is 9.47 Å². The normalized spacial score (nSPS) is 12.8. The predicted octanol–water partition coefficient (Wildman–Crippen LogP) is 2.56. The van der Waals surface area contributed by atoms with E-state index < -0.39 is 0 Å². The fourth-order valence-corrected chi connectivity index (χ4v) is 2.69. The maximum Gasteiger partial charge on any atom is 0.152 e. The van der Waals surface area contributed by atoms with Crippen LogP contribution in [-0.2, 0) is 15.4 Å². The molecule has 2 rings (SSSR count). The van der Waals surface area contributed by atoms with E-state index >= 15 is 0 Å². The van der Waals surface area contributed by atoms with Crippen LogP contribution in [0.2, 0.25) is 0 Å². The van der Waals surface area contributed by atoms with Crippen LogP contribution in [0.3, 0.4) is 0 Å². The fourth-order valence-electron chi connectivity index (χ4n) is 2.44. The van der Waals surface area contributed by atoms with Crippen molar-refractivity contribution in [3.8, 4) is 0 Å². The SMILES string of the molecule is COCCN(c1nc2ccccn2c1CCl)C(C)COC. The molecule has 0 bridgehead atoms. The van der Waals surface area contributed by atoms with Gasteiger partial charge in [0.1, 0.15) is 5.65 Å². The molecule has 0 radical (unpaired) electrons. The Morgan fingerprint density at radius 2 is 2.14 bits per heavy atom. The van der Waals surface area contributed by atoms with Gasteiger partial charge in [0.2, 0.25) is 0 Å². The molecule has 0 aromatic carbocycles. The topological polar surface area (TPSA) is 39.0 Å². The highest BCUT2D eigenvalue weighted by atomic mass is 35.5. The molecule has 116 valence electrons. The lowest BCUT2D eigenvalue weighted by Crippen LogP contribution is -2.39. The van der Waals surface area contributed by atoms with Crippen LogP contribution in [0.25, 0.3) is 5.65 Å². The monoisotopic (exact) mass is 311 g/mol. The summed E-state index contributed by atoms with van der Waals surface area (Å²) in [6.07, 6.45) is 1.99. The van der Waals surface area contributed by atoms with Crippen LogP contribution in [0.5, 0.6) is 0 Å². The predicted molar refractivity (Wildman–Crippen MR) is 85.3 cm³/mol. The van der Waals surface area contributed by atoms with E-state index in [2.05, 4.69) is 11.8 Å². The van der Waals surface area contributed by atoms with E-state index in [0.29, 0.717) is 19.1 Å². The van der Waals surface area contributed by atoms with Gasteiger partial charge in [0.25, 0.3) is 0 Å². The second-order valence-corrected chi connectivity index (χ2v) is 5.20. The maximum absolute atomic E-state index is 6.16. The average molecular weight is 312 g/mol. The highest BCUT2D eigenvalue weighted by Gasteiger charge is 2.21. The zero-order chi connectivity index (χ0) is 15.2. The summed E-state index contributed by atoms with van der Waals surface area (Å²) in [5, 5.41) is 0. The second-order valence-electron chi connectivity index (χ2n) is 4.94. The van der Waals surface area contributed by atoms with Crippen molar-refractivity contribution in [2.45, 2.75) is 18.8 Å². The van der Waals surface area contributed by atoms with E-state index in [1.807, 2.05) is 28.8 Å². The molecule has 0 aliphatic heterocycles. The van der Waals surface area contributed by atoms with Crippen LogP contribution in [0.1, 0.15) is 12.6 Å². The molecule has 2 heterocycles. The van der Waals surface area contributed by atoms with Gasteiger partial charge in [-0.25, -0.2) is 4.98 Å². The van der Waals surface area contributed by atoms with Gasteiger partial charge in [-0.2, -0.15) is 0 Å². The summed E-state index contributed by atoms with van der Waals surface area (Å²) in [5.74, 6) is 1.31. The van der Waals surface area contributed by atoms with Crippen LogP contribution < -0.4 is 4.90 Å². The van der Waals surface area contributed by atoms with Gasteiger partial charge in [-0.3, -0.25) is 0 Å². The second kappa shape index (κ2) is 7.64. The van der Waals surface area contributed by atoms with Crippen LogP contribution in [-0.4, -0.2) is 49.4 Å². The summed E-state index contributed by atoms with van der Waals surface area (Å²) in [6, 6.07) is 6.13. The number of pyridine rings is 1. The van der Waals surface area contributed by atoms with Crippen molar-refractivity contribution >= 4 is 23.1 Å². The fraction of sp³-hybridized carbons (Fsp3) is 0.533. The molecule has 0 spiro atoms. The molecule has 0 amide bonds. The lowest BCUT2D eigenvalue weighted by atomic mass is 10.2. The molecule has 5 nitrogen and oxygen atoms in total. The third-order valence-electron chi connectivity index (χ3n) is 3.48. The lowest BCUT2D eigenvalue weighted by molar-refractivity contribution is 0.170.